The zero-order valence-corrected chi connectivity index (χ0v) is 12.2. The highest BCUT2D eigenvalue weighted by atomic mass is 19.4. The number of carbonyl (C=O) groups excluding carboxylic acids is 1. The highest BCUT2D eigenvalue weighted by Crippen LogP contribution is 2.33. The number of Topliss-reactive ketones (excluding diaryl/α,β-unsaturated/α-hetero) is 1. The van der Waals surface area contributed by atoms with Crippen LogP contribution in [0.5, 0.6) is 0 Å². The van der Waals surface area contributed by atoms with E-state index in [9.17, 15) is 27.4 Å². The maximum absolute atomic E-state index is 13.1. The molecule has 2 aromatic rings. The van der Waals surface area contributed by atoms with Crippen LogP contribution < -0.4 is 5.46 Å². The van der Waals surface area contributed by atoms with Crippen molar-refractivity contribution in [3.8, 4) is 0 Å². The van der Waals surface area contributed by atoms with E-state index in [1.807, 2.05) is 0 Å². The van der Waals surface area contributed by atoms with Gasteiger partial charge in [0, 0.05) is 12.0 Å². The second-order valence-electron chi connectivity index (χ2n) is 5.48. The molecule has 0 amide bonds. The van der Waals surface area contributed by atoms with Gasteiger partial charge in [-0.25, -0.2) is 4.39 Å². The number of carbonyl (C=O) groups is 1. The number of benzene rings is 2. The Labute approximate surface area is 135 Å². The Morgan fingerprint density at radius 2 is 1.96 bits per heavy atom. The number of hydrogen-bond acceptors (Lipinski definition) is 3. The van der Waals surface area contributed by atoms with Crippen LogP contribution >= 0.6 is 0 Å². The molecular formula is C16H11BF4O3. The molecule has 0 fully saturated rings. The average Bonchev–Trinajstić information content (AvgIpc) is 2.87. The van der Waals surface area contributed by atoms with E-state index in [1.165, 1.54) is 6.07 Å². The molecule has 0 saturated heterocycles. The highest BCUT2D eigenvalue weighted by Gasteiger charge is 2.35. The Balaban J connectivity index is 1.90. The highest BCUT2D eigenvalue weighted by molar-refractivity contribution is 6.61. The van der Waals surface area contributed by atoms with Crippen molar-refractivity contribution >= 4 is 18.4 Å². The fraction of sp³-hybridized carbons (Fsp3) is 0.188. The van der Waals surface area contributed by atoms with Gasteiger partial charge in [0.25, 0.3) is 0 Å². The van der Waals surface area contributed by atoms with Crippen molar-refractivity contribution in [1.29, 1.82) is 0 Å². The van der Waals surface area contributed by atoms with Crippen LogP contribution in [0.3, 0.4) is 0 Å². The van der Waals surface area contributed by atoms with Crippen LogP contribution in [0.15, 0.2) is 36.4 Å². The predicted molar refractivity (Wildman–Crippen MR) is 78.3 cm³/mol. The van der Waals surface area contributed by atoms with Crippen molar-refractivity contribution in [2.24, 2.45) is 0 Å². The first-order chi connectivity index (χ1) is 11.3. The van der Waals surface area contributed by atoms with Gasteiger partial charge in [0.2, 0.25) is 0 Å². The molecule has 1 aliphatic heterocycles. The van der Waals surface area contributed by atoms with Crippen molar-refractivity contribution in [2.75, 3.05) is 0 Å². The van der Waals surface area contributed by atoms with E-state index < -0.39 is 36.0 Å². The summed E-state index contributed by atoms with van der Waals surface area (Å²) in [5.41, 5.74) is -0.175. The molecule has 3 nitrogen and oxygen atoms in total. The standard InChI is InChI=1S/C16H11BF4O3/c18-11-3-4-12(13(7-11)16(19,20)21)15(22)6-9-1-2-10-8-24-17(23)14(10)5-9/h1-5,7,23H,6,8H2. The van der Waals surface area contributed by atoms with E-state index in [-0.39, 0.29) is 13.0 Å². The molecule has 3 rings (SSSR count). The summed E-state index contributed by atoms with van der Waals surface area (Å²) < 4.78 is 57.1. The number of ketones is 1. The molecule has 1 N–H and O–H groups in total. The van der Waals surface area contributed by atoms with Gasteiger partial charge in [-0.2, -0.15) is 13.2 Å². The zero-order valence-electron chi connectivity index (χ0n) is 12.2. The second-order valence-corrected chi connectivity index (χ2v) is 5.48. The Bertz CT molecular complexity index is 804. The van der Waals surface area contributed by atoms with E-state index in [0.717, 1.165) is 17.7 Å². The number of hydrogen-bond donors (Lipinski definition) is 1. The number of fused-ring (bicyclic) bond motifs is 1. The first-order valence-electron chi connectivity index (χ1n) is 7.07. The van der Waals surface area contributed by atoms with Gasteiger partial charge in [0.15, 0.2) is 5.78 Å². The SMILES string of the molecule is O=C(Cc1ccc2c(c1)B(O)OC2)c1ccc(F)cc1C(F)(F)F. The minimum atomic E-state index is -4.82. The van der Waals surface area contributed by atoms with Gasteiger partial charge in [0.05, 0.1) is 12.2 Å². The average molecular weight is 338 g/mol. The van der Waals surface area contributed by atoms with E-state index in [1.54, 1.807) is 12.1 Å². The maximum Gasteiger partial charge on any atom is 0.491 e. The van der Waals surface area contributed by atoms with Crippen LogP contribution in [0, 0.1) is 5.82 Å². The Kier molecular flexibility index (Phi) is 4.19. The molecular weight excluding hydrogens is 327 g/mol. The Hall–Kier alpha value is -2.19. The van der Waals surface area contributed by atoms with Crippen LogP contribution in [-0.2, 0) is 23.9 Å². The molecule has 0 radical (unpaired) electrons. The topological polar surface area (TPSA) is 46.5 Å². The molecule has 0 unspecified atom stereocenters. The van der Waals surface area contributed by atoms with Gasteiger partial charge in [-0.15, -0.1) is 0 Å². The third kappa shape index (κ3) is 3.20. The van der Waals surface area contributed by atoms with Crippen LogP contribution in [-0.4, -0.2) is 17.9 Å². The number of halogens is 4. The third-order valence-electron chi connectivity index (χ3n) is 3.83. The van der Waals surface area contributed by atoms with Crippen LogP contribution in [0.2, 0.25) is 0 Å². The van der Waals surface area contributed by atoms with Crippen molar-refractivity contribution < 1.29 is 32.0 Å². The summed E-state index contributed by atoms with van der Waals surface area (Å²) in [6.45, 7) is 0.237. The van der Waals surface area contributed by atoms with Crippen molar-refractivity contribution in [2.45, 2.75) is 19.2 Å². The van der Waals surface area contributed by atoms with Crippen molar-refractivity contribution in [3.63, 3.8) is 0 Å². The molecule has 0 atom stereocenters. The third-order valence-corrected chi connectivity index (χ3v) is 3.83. The quantitative estimate of drug-likeness (QED) is 0.531. The molecule has 8 heteroatoms. The zero-order chi connectivity index (χ0) is 17.5. The number of rotatable bonds is 3. The first-order valence-corrected chi connectivity index (χ1v) is 7.07. The molecule has 0 aliphatic carbocycles. The lowest BCUT2D eigenvalue weighted by Crippen LogP contribution is -2.28. The van der Waals surface area contributed by atoms with Gasteiger partial charge in [0.1, 0.15) is 5.82 Å². The van der Waals surface area contributed by atoms with Crippen molar-refractivity contribution in [1.82, 2.24) is 0 Å². The molecule has 1 heterocycles. The van der Waals surface area contributed by atoms with Crippen LogP contribution in [0.1, 0.15) is 27.0 Å². The van der Waals surface area contributed by atoms with E-state index in [0.29, 0.717) is 17.1 Å². The van der Waals surface area contributed by atoms with Gasteiger partial charge >= 0.3 is 13.3 Å². The lowest BCUT2D eigenvalue weighted by atomic mass is 9.78. The minimum absolute atomic E-state index is 0.237. The smallest absolute Gasteiger partial charge is 0.423 e. The van der Waals surface area contributed by atoms with Gasteiger partial charge in [-0.3, -0.25) is 4.79 Å². The summed E-state index contributed by atoms with van der Waals surface area (Å²) in [4.78, 5) is 12.3. The molecule has 0 bridgehead atoms. The molecule has 2 aromatic carbocycles. The number of alkyl halides is 3. The summed E-state index contributed by atoms with van der Waals surface area (Å²) in [5, 5.41) is 9.64. The molecule has 24 heavy (non-hydrogen) atoms. The molecule has 0 spiro atoms. The van der Waals surface area contributed by atoms with E-state index in [2.05, 4.69) is 0 Å². The van der Waals surface area contributed by atoms with Crippen molar-refractivity contribution in [3.05, 3.63) is 64.5 Å². The molecule has 0 aromatic heterocycles. The second kappa shape index (κ2) is 6.03. The summed E-state index contributed by atoms with van der Waals surface area (Å²) in [6.07, 6.45) is -5.12. The normalized spacial score (nSPS) is 14.0. The summed E-state index contributed by atoms with van der Waals surface area (Å²) >= 11 is 0. The van der Waals surface area contributed by atoms with E-state index >= 15 is 0 Å². The summed E-state index contributed by atoms with van der Waals surface area (Å²) in [7, 11) is -1.10. The molecule has 0 saturated carbocycles. The van der Waals surface area contributed by atoms with E-state index in [4.69, 9.17) is 4.65 Å². The predicted octanol–water partition coefficient (Wildman–Crippen LogP) is 2.49. The van der Waals surface area contributed by atoms with Gasteiger partial charge < -0.3 is 9.68 Å². The Morgan fingerprint density at radius 3 is 2.67 bits per heavy atom. The lowest BCUT2D eigenvalue weighted by Gasteiger charge is -2.12. The molecule has 124 valence electrons. The lowest BCUT2D eigenvalue weighted by molar-refractivity contribution is -0.138. The van der Waals surface area contributed by atoms with Gasteiger partial charge in [-0.1, -0.05) is 18.2 Å². The van der Waals surface area contributed by atoms with Crippen LogP contribution in [0.4, 0.5) is 17.6 Å². The first kappa shape index (κ1) is 16.7. The fourth-order valence-corrected chi connectivity index (χ4v) is 2.65. The Morgan fingerprint density at radius 1 is 1.21 bits per heavy atom. The summed E-state index contributed by atoms with van der Waals surface area (Å²) in [6, 6.07) is 6.75. The monoisotopic (exact) mass is 338 g/mol. The van der Waals surface area contributed by atoms with Gasteiger partial charge in [-0.05, 0) is 34.8 Å². The fourth-order valence-electron chi connectivity index (χ4n) is 2.65. The minimum Gasteiger partial charge on any atom is -0.423 e. The van der Waals surface area contributed by atoms with Crippen LogP contribution in [0.25, 0.3) is 0 Å². The maximum atomic E-state index is 13.1. The summed E-state index contributed by atoms with van der Waals surface area (Å²) in [5.74, 6) is -1.84. The largest absolute Gasteiger partial charge is 0.491 e. The molecule has 1 aliphatic rings.